The fourth-order valence-electron chi connectivity index (χ4n) is 1.57. The molecular weight excluding hydrogens is 334 g/mol. The fourth-order valence-corrected chi connectivity index (χ4v) is 2.06. The second-order valence-corrected chi connectivity index (χ2v) is 5.53. The summed E-state index contributed by atoms with van der Waals surface area (Å²) in [5, 5.41) is 12.2. The maximum atomic E-state index is 13.5. The second kappa shape index (κ2) is 5.86. The molecule has 1 rings (SSSR count). The molecule has 17 heavy (non-hydrogen) atoms. The van der Waals surface area contributed by atoms with E-state index >= 15 is 0 Å². The van der Waals surface area contributed by atoms with Crippen LogP contribution in [0.1, 0.15) is 26.7 Å². The first-order valence-electron chi connectivity index (χ1n) is 5.55. The third-order valence-corrected chi connectivity index (χ3v) is 3.80. The minimum atomic E-state index is -0.287. The van der Waals surface area contributed by atoms with Crippen LogP contribution in [0.3, 0.4) is 0 Å². The van der Waals surface area contributed by atoms with Gasteiger partial charge in [0.1, 0.15) is 5.82 Å². The van der Waals surface area contributed by atoms with Crippen LogP contribution >= 0.6 is 22.6 Å². The summed E-state index contributed by atoms with van der Waals surface area (Å²) in [6, 6.07) is 3.01. The number of aliphatic hydroxyl groups excluding tert-OH is 1. The number of nitrogens with two attached hydrogens (primary N) is 1. The molecule has 0 saturated heterocycles. The highest BCUT2D eigenvalue weighted by Gasteiger charge is 2.22. The molecule has 4 N–H and O–H groups in total. The molecule has 1 aromatic carbocycles. The summed E-state index contributed by atoms with van der Waals surface area (Å²) in [5.41, 5.74) is 6.68. The molecule has 0 aliphatic rings. The highest BCUT2D eigenvalue weighted by Crippen LogP contribution is 2.29. The molecule has 0 saturated carbocycles. The summed E-state index contributed by atoms with van der Waals surface area (Å²) in [5.74, 6) is -0.287. The van der Waals surface area contributed by atoms with Gasteiger partial charge in [-0.3, -0.25) is 0 Å². The Morgan fingerprint density at radius 3 is 2.71 bits per heavy atom. The number of halogens is 2. The number of hydrogen-bond donors (Lipinski definition) is 3. The van der Waals surface area contributed by atoms with E-state index < -0.39 is 0 Å². The van der Waals surface area contributed by atoms with E-state index in [1.165, 1.54) is 6.07 Å². The highest BCUT2D eigenvalue weighted by atomic mass is 127. The summed E-state index contributed by atoms with van der Waals surface area (Å²) in [6.07, 6.45) is 1.41. The van der Waals surface area contributed by atoms with Crippen molar-refractivity contribution in [2.24, 2.45) is 0 Å². The molecule has 0 aliphatic carbocycles. The van der Waals surface area contributed by atoms with Gasteiger partial charge in [-0.15, -0.1) is 0 Å². The molecule has 0 radical (unpaired) electrons. The van der Waals surface area contributed by atoms with E-state index in [-0.39, 0.29) is 18.0 Å². The molecule has 5 heteroatoms. The average molecular weight is 352 g/mol. The van der Waals surface area contributed by atoms with Gasteiger partial charge in [-0.25, -0.2) is 4.39 Å². The van der Waals surface area contributed by atoms with Crippen molar-refractivity contribution in [3.63, 3.8) is 0 Å². The molecule has 1 aromatic rings. The van der Waals surface area contributed by atoms with Gasteiger partial charge < -0.3 is 16.2 Å². The molecule has 0 aromatic heterocycles. The summed E-state index contributed by atoms with van der Waals surface area (Å²) in [6.45, 7) is 4.09. The van der Waals surface area contributed by atoms with E-state index in [1.807, 2.05) is 36.4 Å². The van der Waals surface area contributed by atoms with Gasteiger partial charge in [0.25, 0.3) is 0 Å². The number of anilines is 2. The quantitative estimate of drug-likeness (QED) is 0.564. The van der Waals surface area contributed by atoms with Gasteiger partial charge in [0.15, 0.2) is 0 Å². The lowest BCUT2D eigenvalue weighted by Gasteiger charge is -2.31. The first-order chi connectivity index (χ1) is 7.91. The first kappa shape index (κ1) is 14.5. The Balaban J connectivity index is 2.97. The van der Waals surface area contributed by atoms with E-state index in [0.29, 0.717) is 21.4 Å². The van der Waals surface area contributed by atoms with Crippen LogP contribution in [0.2, 0.25) is 0 Å². The van der Waals surface area contributed by atoms with Crippen LogP contribution in [0.25, 0.3) is 0 Å². The van der Waals surface area contributed by atoms with Gasteiger partial charge >= 0.3 is 0 Å². The molecule has 0 bridgehead atoms. The van der Waals surface area contributed by atoms with Crippen molar-refractivity contribution in [3.8, 4) is 0 Å². The predicted molar refractivity (Wildman–Crippen MR) is 77.6 cm³/mol. The summed E-state index contributed by atoms with van der Waals surface area (Å²) < 4.78 is 14.0. The number of hydrogen-bond acceptors (Lipinski definition) is 3. The van der Waals surface area contributed by atoms with E-state index in [2.05, 4.69) is 5.32 Å². The minimum Gasteiger partial charge on any atom is -0.397 e. The number of benzene rings is 1. The van der Waals surface area contributed by atoms with Crippen LogP contribution in [0.15, 0.2) is 12.1 Å². The van der Waals surface area contributed by atoms with Crippen molar-refractivity contribution in [3.05, 3.63) is 21.5 Å². The molecule has 0 heterocycles. The van der Waals surface area contributed by atoms with Crippen molar-refractivity contribution in [1.29, 1.82) is 0 Å². The van der Waals surface area contributed by atoms with Gasteiger partial charge in [-0.05, 0) is 48.4 Å². The third-order valence-electron chi connectivity index (χ3n) is 2.97. The Kier molecular flexibility index (Phi) is 5.00. The van der Waals surface area contributed by atoms with Crippen molar-refractivity contribution in [2.75, 3.05) is 17.7 Å². The maximum Gasteiger partial charge on any atom is 0.138 e. The smallest absolute Gasteiger partial charge is 0.138 e. The van der Waals surface area contributed by atoms with Crippen LogP contribution in [0, 0.1) is 9.39 Å². The lowest BCUT2D eigenvalue weighted by molar-refractivity contribution is 0.252. The largest absolute Gasteiger partial charge is 0.397 e. The normalized spacial score (nSPS) is 14.4. The van der Waals surface area contributed by atoms with Gasteiger partial charge in [0.05, 0.1) is 14.9 Å². The van der Waals surface area contributed by atoms with E-state index in [0.717, 1.165) is 6.42 Å². The van der Waals surface area contributed by atoms with Crippen molar-refractivity contribution < 1.29 is 9.50 Å². The van der Waals surface area contributed by atoms with Gasteiger partial charge in [0, 0.05) is 18.2 Å². The van der Waals surface area contributed by atoms with Crippen molar-refractivity contribution >= 4 is 34.0 Å². The molecule has 0 spiro atoms. The van der Waals surface area contributed by atoms with Crippen molar-refractivity contribution in [1.82, 2.24) is 0 Å². The highest BCUT2D eigenvalue weighted by molar-refractivity contribution is 14.1. The van der Waals surface area contributed by atoms with Gasteiger partial charge in [-0.2, -0.15) is 0 Å². The topological polar surface area (TPSA) is 58.3 Å². The molecule has 0 aliphatic heterocycles. The van der Waals surface area contributed by atoms with Crippen LogP contribution in [0.4, 0.5) is 15.8 Å². The second-order valence-electron chi connectivity index (χ2n) is 4.37. The number of nitrogen functional groups attached to an aromatic ring is 1. The Labute approximate surface area is 115 Å². The fraction of sp³-hybridized carbons (Fsp3) is 0.500. The van der Waals surface area contributed by atoms with Crippen LogP contribution in [-0.2, 0) is 0 Å². The molecule has 0 amide bonds. The Morgan fingerprint density at radius 2 is 2.18 bits per heavy atom. The molecular formula is C12H18FIN2O. The third kappa shape index (κ3) is 3.70. The van der Waals surface area contributed by atoms with E-state index in [4.69, 9.17) is 10.8 Å². The SMILES string of the molecule is CCC(C)(CCO)Nc1cc(F)c(I)cc1N. The van der Waals surface area contributed by atoms with Crippen molar-refractivity contribution in [2.45, 2.75) is 32.2 Å². The summed E-state index contributed by atoms with van der Waals surface area (Å²) >= 11 is 1.91. The van der Waals surface area contributed by atoms with Gasteiger partial charge in [0.2, 0.25) is 0 Å². The molecule has 1 atom stereocenters. The zero-order chi connectivity index (χ0) is 13.1. The molecule has 1 unspecified atom stereocenters. The summed E-state index contributed by atoms with van der Waals surface area (Å²) in [7, 11) is 0. The van der Waals surface area contributed by atoms with E-state index in [9.17, 15) is 4.39 Å². The van der Waals surface area contributed by atoms with Crippen LogP contribution in [0.5, 0.6) is 0 Å². The molecule has 96 valence electrons. The van der Waals surface area contributed by atoms with E-state index in [1.54, 1.807) is 6.07 Å². The number of rotatable bonds is 5. The monoisotopic (exact) mass is 352 g/mol. The minimum absolute atomic E-state index is 0.0874. The van der Waals surface area contributed by atoms with Gasteiger partial charge in [-0.1, -0.05) is 6.92 Å². The zero-order valence-corrected chi connectivity index (χ0v) is 12.2. The summed E-state index contributed by atoms with van der Waals surface area (Å²) in [4.78, 5) is 0. The Morgan fingerprint density at radius 1 is 1.53 bits per heavy atom. The lowest BCUT2D eigenvalue weighted by Crippen LogP contribution is -2.35. The number of aliphatic hydroxyl groups is 1. The molecule has 3 nitrogen and oxygen atoms in total. The van der Waals surface area contributed by atoms with Crippen LogP contribution in [-0.4, -0.2) is 17.3 Å². The Hall–Kier alpha value is -0.560. The predicted octanol–water partition coefficient (Wildman–Crippen LogP) is 2.98. The first-order valence-corrected chi connectivity index (χ1v) is 6.63. The number of nitrogens with one attached hydrogen (secondary N) is 1. The average Bonchev–Trinajstić information content (AvgIpc) is 2.26. The zero-order valence-electron chi connectivity index (χ0n) is 10.1. The standard InChI is InChI=1S/C12H18FIN2O/c1-3-12(2,4-5-17)16-11-6-8(13)9(14)7-10(11)15/h6-7,16-17H,3-5,15H2,1-2H3. The Bertz CT molecular complexity index is 400. The maximum absolute atomic E-state index is 13.5. The lowest BCUT2D eigenvalue weighted by atomic mass is 9.94. The van der Waals surface area contributed by atoms with Crippen LogP contribution < -0.4 is 11.1 Å². The molecule has 0 fully saturated rings.